The molecule has 4 aromatic carbocycles. The van der Waals surface area contributed by atoms with Crippen LogP contribution in [0.4, 0.5) is 35.1 Å². The number of phosphoric acid groups is 4. The number of halogens is 12. The lowest BCUT2D eigenvalue weighted by Gasteiger charge is -2.33. The van der Waals surface area contributed by atoms with E-state index < -0.39 is 263 Å². The summed E-state index contributed by atoms with van der Waals surface area (Å²) in [6.07, 6.45) is -26.4. The molecule has 0 bridgehead atoms. The third kappa shape index (κ3) is 19.5. The van der Waals surface area contributed by atoms with E-state index in [9.17, 15) is 110 Å². The minimum absolute atomic E-state index is 0.0101. The van der Waals surface area contributed by atoms with Crippen molar-refractivity contribution in [3.63, 3.8) is 0 Å². The average Bonchev–Trinajstić information content (AvgIpc) is 1.55. The number of alkyl halides is 4. The average molecular weight is 1930 g/mol. The fourth-order valence-electron chi connectivity index (χ4n) is 11.5. The Balaban J connectivity index is 0.000000148. The molecule has 43 nitrogen and oxygen atoms in total. The Morgan fingerprint density at radius 3 is 1.14 bits per heavy atom. The van der Waals surface area contributed by atoms with E-state index in [1.807, 2.05) is 4.98 Å². The molecule has 4 fully saturated rings. The van der Waals surface area contributed by atoms with Gasteiger partial charge in [0, 0.05) is 47.0 Å². The first-order valence-corrected chi connectivity index (χ1v) is 41.4. The quantitative estimate of drug-likeness (QED) is 0.0467. The van der Waals surface area contributed by atoms with Gasteiger partial charge in [0.25, 0.3) is 46.0 Å². The molecule has 0 spiro atoms. The van der Waals surface area contributed by atoms with Crippen molar-refractivity contribution in [1.29, 1.82) is 0 Å². The van der Waals surface area contributed by atoms with E-state index in [2.05, 4.69) is 20.9 Å². The Morgan fingerprint density at radius 2 is 0.750 bits per heavy atom. The van der Waals surface area contributed by atoms with Gasteiger partial charge in [-0.05, 0) is 72.8 Å². The third-order valence-corrected chi connectivity index (χ3v) is 23.8. The van der Waals surface area contributed by atoms with Crippen molar-refractivity contribution in [1.82, 2.24) is 38.9 Å². The van der Waals surface area contributed by atoms with Gasteiger partial charge in [0.1, 0.15) is 147 Å². The van der Waals surface area contributed by atoms with Crippen LogP contribution in [0, 0.1) is 23.3 Å². The van der Waals surface area contributed by atoms with Crippen LogP contribution in [-0.4, -0.2) is 185 Å². The number of fused-ring (bicyclic) bond motifs is 4. The second kappa shape index (κ2) is 35.7. The summed E-state index contributed by atoms with van der Waals surface area (Å²) in [6.45, 7) is -8.71. The van der Waals surface area contributed by atoms with Crippen molar-refractivity contribution in [2.75, 3.05) is 26.3 Å². The van der Waals surface area contributed by atoms with E-state index in [0.717, 1.165) is 79.1 Å². The molecule has 9 aliphatic rings. The number of aromatic nitrogens is 6. The van der Waals surface area contributed by atoms with Crippen molar-refractivity contribution in [2.24, 2.45) is 0 Å². The molecular formula is C65H58Cl4F8N8O35P4. The molecule has 59 heteroatoms. The summed E-state index contributed by atoms with van der Waals surface area (Å²) in [4.78, 5) is 87.7. The maximum absolute atomic E-state index is 15.8. The fraction of sp³-hybridized carbons (Fsp3) is 0.369. The molecule has 4 saturated heterocycles. The lowest BCUT2D eigenvalue weighted by atomic mass is 10.1. The van der Waals surface area contributed by atoms with Crippen LogP contribution in [0.1, 0.15) is 49.1 Å². The summed E-state index contributed by atoms with van der Waals surface area (Å²) in [5, 5.41) is 81.8. The van der Waals surface area contributed by atoms with Gasteiger partial charge in [-0.1, -0.05) is 53.0 Å². The van der Waals surface area contributed by atoms with E-state index in [-0.39, 0.29) is 56.4 Å². The molecule has 672 valence electrons. The second-order valence-electron chi connectivity index (χ2n) is 26.2. The SMILES string of the molecule is O=c1[nH]c(=O)n([C@@H]2O[C@](F)(COP3(=O)OCc4cc(F)ccc4O3)[C@@H](O)[C@H]2O)cc1Cl.[2H]C([2H])(OP1(=O)OCc2cc(F)ccc2O1)[C@@]1(F)O[C@@H](n2cc(Cl)c(=O)[nH]c2=O)[C@H](O)[C@@H]1O.[2H]C([2H])(OP1(=O)OCc2cc(F)ccc2O1)[C@@]1(F)O[C@@]([2H])(N2C=C(Cl)C(=O)NC2=C)[C@H](O)[C@@H]1O.[2H][C@@]1(n2cc(Cl)c(=O)[nH]c2=O)O[C@](F)(COP2(=O)OCc3cc(F)ccc3O2)[C@@H](O)[C@H]1O. The van der Waals surface area contributed by atoms with Gasteiger partial charge in [0.05, 0.1) is 34.7 Å². The van der Waals surface area contributed by atoms with Crippen LogP contribution in [0.25, 0.3) is 0 Å². The Kier molecular flexibility index (Phi) is 24.5. The van der Waals surface area contributed by atoms with Crippen LogP contribution in [0.5, 0.6) is 23.0 Å². The number of nitrogens with zero attached hydrogens (tertiary/aromatic N) is 4. The van der Waals surface area contributed by atoms with Crippen LogP contribution < -0.4 is 57.2 Å². The number of carbonyl (C=O) groups is 1. The Morgan fingerprint density at radius 1 is 0.452 bits per heavy atom. The van der Waals surface area contributed by atoms with E-state index in [0.29, 0.717) is 26.4 Å². The number of aromatic amines is 3. The lowest BCUT2D eigenvalue weighted by molar-refractivity contribution is -0.208. The Labute approximate surface area is 711 Å². The first kappa shape index (κ1) is 85.0. The number of benzene rings is 4. The minimum atomic E-state index is -4.92. The molecule has 4 unspecified atom stereocenters. The fourth-order valence-corrected chi connectivity index (χ4v) is 16.8. The molecule has 3 aromatic heterocycles. The van der Waals surface area contributed by atoms with Gasteiger partial charge in [-0.25, -0.2) is 67.8 Å². The van der Waals surface area contributed by atoms with Crippen LogP contribution in [0.2, 0.25) is 15.1 Å². The van der Waals surface area contributed by atoms with Gasteiger partial charge < -0.3 is 88.1 Å². The predicted octanol–water partition coefficient (Wildman–Crippen LogP) is 4.52. The zero-order valence-electron chi connectivity index (χ0n) is 66.7. The zero-order valence-corrected chi connectivity index (χ0v) is 67.3. The van der Waals surface area contributed by atoms with E-state index >= 15 is 17.6 Å². The molecule has 12 N–H and O–H groups in total. The number of aliphatic hydroxyl groups is 8. The number of nitrogens with one attached hydrogen (secondary N) is 4. The highest BCUT2D eigenvalue weighted by Crippen LogP contribution is 2.60. The first-order valence-electron chi connectivity index (χ1n) is 37.0. The number of ether oxygens (including phenoxy) is 4. The number of carbonyl (C=O) groups excluding carboxylic acids is 1. The minimum Gasteiger partial charge on any atom is -0.404 e. The molecule has 12 heterocycles. The topological polar surface area (TPSA) is 575 Å². The van der Waals surface area contributed by atoms with Gasteiger partial charge in [-0.2, -0.15) is 0 Å². The van der Waals surface area contributed by atoms with Gasteiger partial charge in [-0.15, -0.1) is 0 Å². The summed E-state index contributed by atoms with van der Waals surface area (Å²) < 4.78 is 294. The van der Waals surface area contributed by atoms with Crippen LogP contribution in [0.15, 0.2) is 144 Å². The number of hydrogen-bond donors (Lipinski definition) is 12. The van der Waals surface area contributed by atoms with Gasteiger partial charge in [-0.3, -0.25) is 84.0 Å². The van der Waals surface area contributed by atoms with E-state index in [1.165, 1.54) is 6.07 Å². The van der Waals surface area contributed by atoms with Crippen molar-refractivity contribution < 1.29 is 180 Å². The third-order valence-electron chi connectivity index (χ3n) is 17.8. The van der Waals surface area contributed by atoms with Crippen molar-refractivity contribution in [2.45, 2.75) is 124 Å². The largest absolute Gasteiger partial charge is 0.530 e. The zero-order chi connectivity index (χ0) is 95.6. The van der Waals surface area contributed by atoms with Crippen molar-refractivity contribution in [3.05, 3.63) is 238 Å². The number of phosphoric ester groups is 4. The standard InChI is InChI=1S/C17H16ClF2N2O8P.3C16H14ClF2N2O9P/c1-8-21-15(25)11(18)5-22(8)16-13(23)14(24)17(20,29-16)7-28-31(26)27-6-9-4-10(19)2-3-12(9)30-31;3*17-9-4-21(15(25)20-13(9)24)14-11(22)12(23)16(19,29-14)6-28-31(26)27-5-7-3-8(18)1-2-10(7)30-31/h2-5,13-14,16,23-24H,1,6-7H2,(H,21,25);3*1-4,11-12,14,22-23H,5-6H2,(H,20,24,25)/t13-,14+,16-,17-,31?;3*11-,12+,14-,16-,31?/m1111/s1/i7D2,16D;14D;6D2;. The maximum atomic E-state index is 15.8. The molecule has 0 saturated carbocycles. The smallest absolute Gasteiger partial charge is 0.404 e. The Bertz CT molecular complexity index is 6360. The summed E-state index contributed by atoms with van der Waals surface area (Å²) in [5.74, 6) is -18.7. The van der Waals surface area contributed by atoms with Gasteiger partial charge >= 0.3 is 48.4 Å². The van der Waals surface area contributed by atoms with Crippen LogP contribution in [0.3, 0.4) is 0 Å². The monoisotopic (exact) mass is 1930 g/mol. The predicted molar refractivity (Wildman–Crippen MR) is 392 cm³/mol. The highest BCUT2D eigenvalue weighted by atomic mass is 35.5. The highest BCUT2D eigenvalue weighted by Gasteiger charge is 2.63. The summed E-state index contributed by atoms with van der Waals surface area (Å²) in [7, 11) is -18.7. The number of hydrogen-bond acceptors (Lipinski definition) is 36. The molecule has 7 aromatic rings. The number of H-pyrrole nitrogens is 3. The number of amides is 1. The van der Waals surface area contributed by atoms with Crippen molar-refractivity contribution in [3.8, 4) is 23.0 Å². The lowest BCUT2D eigenvalue weighted by Crippen LogP contribution is -2.47. The molecule has 16 rings (SSSR count). The van der Waals surface area contributed by atoms with E-state index in [1.54, 1.807) is 9.97 Å². The van der Waals surface area contributed by atoms with E-state index in [4.69, 9.17) is 119 Å². The summed E-state index contributed by atoms with van der Waals surface area (Å²) >= 11 is 22.6. The second-order valence-corrected chi connectivity index (χ2v) is 34.1. The summed E-state index contributed by atoms with van der Waals surface area (Å²) in [6, 6.07) is 12.6. The Hall–Kier alpha value is -8.41. The molecule has 124 heavy (non-hydrogen) atoms. The molecular weight excluding hydrogens is 1870 g/mol. The first-order chi connectivity index (χ1) is 60.3. The maximum Gasteiger partial charge on any atom is 0.530 e. The molecule has 1 amide bonds. The number of aliphatic hydroxyl groups excluding tert-OH is 8. The van der Waals surface area contributed by atoms with Gasteiger partial charge in [0.15, 0.2) is 24.9 Å². The number of rotatable bonds is 16. The summed E-state index contributed by atoms with van der Waals surface area (Å²) in [5.41, 5.74) is -5.86. The van der Waals surface area contributed by atoms with Crippen LogP contribution in [-0.2, 0) is 105 Å². The van der Waals surface area contributed by atoms with Gasteiger partial charge in [0.2, 0.25) is 0 Å². The normalized spacial score (nSPS) is 35.3. The van der Waals surface area contributed by atoms with Crippen LogP contribution >= 0.6 is 77.7 Å². The highest BCUT2D eigenvalue weighted by molar-refractivity contribution is 7.49. The molecule has 9 aliphatic heterocycles. The van der Waals surface area contributed by atoms with Crippen molar-refractivity contribution >= 4 is 83.6 Å². The molecule has 20 atom stereocenters. The molecule has 0 radical (unpaired) electrons. The molecule has 0 aliphatic carbocycles.